The first-order valence-electron chi connectivity index (χ1n) is 10.8. The third-order valence-electron chi connectivity index (χ3n) is 5.54. The van der Waals surface area contributed by atoms with Crippen LogP contribution in [0.5, 0.6) is 0 Å². The SMILES string of the molecule is CCCCOC(=O)c1ccc(NC(=O)C2CCN(c3nc4ccccc4o3)CC2)cc1. The molecule has 2 aromatic carbocycles. The molecule has 31 heavy (non-hydrogen) atoms. The molecule has 7 nitrogen and oxygen atoms in total. The molecule has 3 aromatic rings. The van der Waals surface area contributed by atoms with Crippen LogP contribution >= 0.6 is 0 Å². The number of esters is 1. The number of aromatic nitrogens is 1. The summed E-state index contributed by atoms with van der Waals surface area (Å²) in [7, 11) is 0. The quantitative estimate of drug-likeness (QED) is 0.442. The maximum Gasteiger partial charge on any atom is 0.338 e. The Balaban J connectivity index is 1.28. The Morgan fingerprint density at radius 2 is 1.87 bits per heavy atom. The molecule has 1 amide bonds. The number of hydrogen-bond donors (Lipinski definition) is 1. The van der Waals surface area contributed by atoms with E-state index in [2.05, 4.69) is 15.2 Å². The van der Waals surface area contributed by atoms with Gasteiger partial charge in [0.15, 0.2) is 5.58 Å². The molecule has 1 aliphatic rings. The number of para-hydroxylation sites is 2. The molecule has 1 aliphatic heterocycles. The van der Waals surface area contributed by atoms with Gasteiger partial charge in [0.25, 0.3) is 6.01 Å². The van der Waals surface area contributed by atoms with Gasteiger partial charge >= 0.3 is 5.97 Å². The highest BCUT2D eigenvalue weighted by Crippen LogP contribution is 2.27. The van der Waals surface area contributed by atoms with Gasteiger partial charge in [0, 0.05) is 24.7 Å². The van der Waals surface area contributed by atoms with Crippen molar-refractivity contribution in [2.24, 2.45) is 5.92 Å². The first kappa shape index (κ1) is 20.9. The van der Waals surface area contributed by atoms with Crippen LogP contribution in [-0.2, 0) is 9.53 Å². The summed E-state index contributed by atoms with van der Waals surface area (Å²) in [5.74, 6) is -0.410. The Bertz CT molecular complexity index is 1000. The smallest absolute Gasteiger partial charge is 0.338 e. The number of unbranched alkanes of at least 4 members (excludes halogenated alkanes) is 1. The molecule has 1 fully saturated rings. The highest BCUT2D eigenvalue weighted by Gasteiger charge is 2.27. The standard InChI is InChI=1S/C24H27N3O4/c1-2-3-16-30-23(29)18-8-10-19(11-9-18)25-22(28)17-12-14-27(15-13-17)24-26-20-6-4-5-7-21(20)31-24/h4-11,17H,2-3,12-16H2,1H3,(H,25,28). The molecule has 2 heterocycles. The lowest BCUT2D eigenvalue weighted by atomic mass is 9.96. The van der Waals surface area contributed by atoms with Crippen molar-refractivity contribution < 1.29 is 18.7 Å². The maximum atomic E-state index is 12.7. The van der Waals surface area contributed by atoms with Crippen molar-refractivity contribution in [1.29, 1.82) is 0 Å². The number of amides is 1. The summed E-state index contributed by atoms with van der Waals surface area (Å²) in [4.78, 5) is 31.3. The van der Waals surface area contributed by atoms with Gasteiger partial charge in [-0.05, 0) is 55.7 Å². The average molecular weight is 421 g/mol. The molecule has 162 valence electrons. The van der Waals surface area contributed by atoms with Gasteiger partial charge in [0.1, 0.15) is 5.52 Å². The van der Waals surface area contributed by atoms with Gasteiger partial charge in [-0.25, -0.2) is 4.79 Å². The Labute approximate surface area is 181 Å². The summed E-state index contributed by atoms with van der Waals surface area (Å²) in [5.41, 5.74) is 2.78. The van der Waals surface area contributed by atoms with Crippen LogP contribution in [0.15, 0.2) is 52.9 Å². The zero-order valence-corrected chi connectivity index (χ0v) is 17.7. The number of nitrogens with one attached hydrogen (secondary N) is 1. The molecular formula is C24H27N3O4. The number of carbonyl (C=O) groups is 2. The fraction of sp³-hybridized carbons (Fsp3) is 0.375. The fourth-order valence-corrected chi connectivity index (χ4v) is 3.65. The number of anilines is 2. The number of piperidine rings is 1. The zero-order chi connectivity index (χ0) is 21.6. The highest BCUT2D eigenvalue weighted by atomic mass is 16.5. The van der Waals surface area contributed by atoms with Crippen LogP contribution in [0.25, 0.3) is 11.1 Å². The number of nitrogens with zero attached hydrogens (tertiary/aromatic N) is 2. The van der Waals surface area contributed by atoms with Gasteiger partial charge in [-0.2, -0.15) is 4.98 Å². The van der Waals surface area contributed by atoms with E-state index in [1.807, 2.05) is 31.2 Å². The van der Waals surface area contributed by atoms with E-state index in [0.29, 0.717) is 37.0 Å². The van der Waals surface area contributed by atoms with E-state index >= 15 is 0 Å². The Morgan fingerprint density at radius 3 is 2.58 bits per heavy atom. The van der Waals surface area contributed by atoms with Crippen molar-refractivity contribution >= 4 is 34.7 Å². The predicted molar refractivity (Wildman–Crippen MR) is 119 cm³/mol. The highest BCUT2D eigenvalue weighted by molar-refractivity contribution is 5.94. The maximum absolute atomic E-state index is 12.7. The normalized spacial score (nSPS) is 14.5. The topological polar surface area (TPSA) is 84.7 Å². The molecule has 1 aromatic heterocycles. The Kier molecular flexibility index (Phi) is 6.50. The predicted octanol–water partition coefficient (Wildman–Crippen LogP) is 4.64. The molecule has 1 saturated heterocycles. The number of carbonyl (C=O) groups excluding carboxylic acids is 2. The second-order valence-corrected chi connectivity index (χ2v) is 7.78. The molecule has 0 atom stereocenters. The molecule has 0 aliphatic carbocycles. The molecule has 0 radical (unpaired) electrons. The fourth-order valence-electron chi connectivity index (χ4n) is 3.65. The van der Waals surface area contributed by atoms with Crippen LogP contribution in [0.3, 0.4) is 0 Å². The Morgan fingerprint density at radius 1 is 1.13 bits per heavy atom. The summed E-state index contributed by atoms with van der Waals surface area (Å²) in [6.45, 7) is 3.90. The number of oxazole rings is 1. The van der Waals surface area contributed by atoms with Gasteiger partial charge in [-0.15, -0.1) is 0 Å². The van der Waals surface area contributed by atoms with E-state index < -0.39 is 0 Å². The minimum Gasteiger partial charge on any atom is -0.462 e. The molecule has 0 saturated carbocycles. The zero-order valence-electron chi connectivity index (χ0n) is 17.7. The van der Waals surface area contributed by atoms with E-state index in [1.54, 1.807) is 24.3 Å². The van der Waals surface area contributed by atoms with Crippen molar-refractivity contribution in [3.8, 4) is 0 Å². The average Bonchev–Trinajstić information content (AvgIpc) is 3.24. The van der Waals surface area contributed by atoms with Crippen LogP contribution in [0.1, 0.15) is 43.0 Å². The van der Waals surface area contributed by atoms with E-state index in [9.17, 15) is 9.59 Å². The molecular weight excluding hydrogens is 394 g/mol. The van der Waals surface area contributed by atoms with Crippen molar-refractivity contribution in [1.82, 2.24) is 4.98 Å². The lowest BCUT2D eigenvalue weighted by molar-refractivity contribution is -0.120. The lowest BCUT2D eigenvalue weighted by Gasteiger charge is -2.30. The van der Waals surface area contributed by atoms with E-state index in [4.69, 9.17) is 9.15 Å². The van der Waals surface area contributed by atoms with Crippen LogP contribution in [0.4, 0.5) is 11.7 Å². The summed E-state index contributed by atoms with van der Waals surface area (Å²) in [6, 6.07) is 15.1. The Hall–Kier alpha value is -3.35. The van der Waals surface area contributed by atoms with Crippen LogP contribution < -0.4 is 10.2 Å². The second kappa shape index (κ2) is 9.64. The van der Waals surface area contributed by atoms with E-state index in [-0.39, 0.29) is 17.8 Å². The van der Waals surface area contributed by atoms with Gasteiger partial charge < -0.3 is 19.4 Å². The molecule has 0 bridgehead atoms. The minimum atomic E-state index is -0.335. The summed E-state index contributed by atoms with van der Waals surface area (Å²) in [5, 5.41) is 2.96. The summed E-state index contributed by atoms with van der Waals surface area (Å²) < 4.78 is 11.0. The van der Waals surface area contributed by atoms with Crippen LogP contribution in [0, 0.1) is 5.92 Å². The van der Waals surface area contributed by atoms with Crippen molar-refractivity contribution in [2.75, 3.05) is 29.9 Å². The summed E-state index contributed by atoms with van der Waals surface area (Å²) >= 11 is 0. The number of ether oxygens (including phenoxy) is 1. The van der Waals surface area contributed by atoms with Crippen molar-refractivity contribution in [3.05, 3.63) is 54.1 Å². The first-order chi connectivity index (χ1) is 15.1. The van der Waals surface area contributed by atoms with Gasteiger partial charge in [-0.3, -0.25) is 4.79 Å². The van der Waals surface area contributed by atoms with Crippen molar-refractivity contribution in [3.63, 3.8) is 0 Å². The summed E-state index contributed by atoms with van der Waals surface area (Å²) in [6.07, 6.45) is 3.29. The second-order valence-electron chi connectivity index (χ2n) is 7.78. The minimum absolute atomic E-state index is 0.00418. The van der Waals surface area contributed by atoms with E-state index in [0.717, 1.165) is 36.8 Å². The third-order valence-corrected chi connectivity index (χ3v) is 5.54. The van der Waals surface area contributed by atoms with Crippen LogP contribution in [-0.4, -0.2) is 36.6 Å². The first-order valence-corrected chi connectivity index (χ1v) is 10.8. The van der Waals surface area contributed by atoms with Crippen LogP contribution in [0.2, 0.25) is 0 Å². The molecule has 0 spiro atoms. The lowest BCUT2D eigenvalue weighted by Crippen LogP contribution is -2.38. The molecule has 4 rings (SSSR count). The van der Waals surface area contributed by atoms with Gasteiger partial charge in [-0.1, -0.05) is 25.5 Å². The molecule has 0 unspecified atom stereocenters. The number of rotatable bonds is 7. The monoisotopic (exact) mass is 421 g/mol. The number of hydrogen-bond acceptors (Lipinski definition) is 6. The molecule has 7 heteroatoms. The third kappa shape index (κ3) is 5.05. The van der Waals surface area contributed by atoms with Gasteiger partial charge in [0.05, 0.1) is 12.2 Å². The number of fused-ring (bicyclic) bond motifs is 1. The number of benzene rings is 2. The van der Waals surface area contributed by atoms with Crippen molar-refractivity contribution in [2.45, 2.75) is 32.6 Å². The largest absolute Gasteiger partial charge is 0.462 e. The molecule has 1 N–H and O–H groups in total. The van der Waals surface area contributed by atoms with Gasteiger partial charge in [0.2, 0.25) is 5.91 Å². The van der Waals surface area contributed by atoms with E-state index in [1.165, 1.54) is 0 Å².